The van der Waals surface area contributed by atoms with Crippen LogP contribution in [0.5, 0.6) is 5.75 Å². The van der Waals surface area contributed by atoms with Crippen molar-refractivity contribution in [3.63, 3.8) is 0 Å². The highest BCUT2D eigenvalue weighted by Gasteiger charge is 2.54. The second-order valence-electron chi connectivity index (χ2n) is 11.2. The van der Waals surface area contributed by atoms with Crippen LogP contribution in [0.1, 0.15) is 18.5 Å². The average molecular weight is 788 g/mol. The topological polar surface area (TPSA) is 251 Å². The van der Waals surface area contributed by atoms with E-state index in [1.165, 1.54) is 16.7 Å². The quantitative estimate of drug-likeness (QED) is 0.0256. The first-order chi connectivity index (χ1) is 25.1. The molecule has 2 aliphatic heterocycles. The number of hydrogen-bond acceptors (Lipinski definition) is 17. The summed E-state index contributed by atoms with van der Waals surface area (Å²) in [5.74, 6) is -2.00. The van der Waals surface area contributed by atoms with E-state index < -0.39 is 40.1 Å². The molecule has 0 spiro atoms. The summed E-state index contributed by atoms with van der Waals surface area (Å²) in [6.07, 6.45) is 5.09. The Morgan fingerprint density at radius 2 is 2.02 bits per heavy atom. The van der Waals surface area contributed by atoms with Gasteiger partial charge in [-0.25, -0.2) is 14.3 Å². The summed E-state index contributed by atoms with van der Waals surface area (Å²) in [4.78, 5) is 65.6. The number of β-lactam (4-membered cyclic amide) rings is 1. The van der Waals surface area contributed by atoms with Crippen molar-refractivity contribution < 1.29 is 43.5 Å². The van der Waals surface area contributed by atoms with Crippen molar-refractivity contribution in [1.82, 2.24) is 25.1 Å². The number of carboxylic acid groups (broad SMARTS) is 1. The van der Waals surface area contributed by atoms with Crippen molar-refractivity contribution in [1.29, 1.82) is 0 Å². The summed E-state index contributed by atoms with van der Waals surface area (Å²) in [6.45, 7) is 0.557. The molecule has 17 nitrogen and oxygen atoms in total. The largest absolute Gasteiger partial charge is 0.503 e. The number of thioether (sulfide) groups is 3. The molecule has 4 aromatic heterocycles. The molecule has 2 aliphatic rings. The van der Waals surface area contributed by atoms with Crippen molar-refractivity contribution >= 4 is 75.1 Å². The fraction of sp³-hybridized carbons (Fsp3) is 0.323. The third-order valence-electron chi connectivity index (χ3n) is 7.77. The maximum Gasteiger partial charge on any atom is 0.352 e. The van der Waals surface area contributed by atoms with Gasteiger partial charge in [0.15, 0.2) is 41.3 Å². The Kier molecular flexibility index (Phi) is 11.9. The summed E-state index contributed by atoms with van der Waals surface area (Å²) in [5, 5.41) is 41.9. The first kappa shape index (κ1) is 37.1. The number of pyridine rings is 2. The number of nitrogens with two attached hydrogens (primary N) is 1. The zero-order chi connectivity index (χ0) is 36.8. The normalized spacial score (nSPS) is 17.2. The number of anilines is 1. The van der Waals surface area contributed by atoms with E-state index in [-0.39, 0.29) is 64.4 Å². The van der Waals surface area contributed by atoms with Crippen LogP contribution in [0.2, 0.25) is 0 Å². The Hall–Kier alpha value is -4.70. The molecule has 6 heterocycles. The van der Waals surface area contributed by atoms with Gasteiger partial charge in [-0.2, -0.15) is 0 Å². The number of aromatic nitrogens is 5. The number of aromatic amines is 1. The average Bonchev–Trinajstić information content (AvgIpc) is 3.79. The molecule has 4 aromatic rings. The number of aromatic hydroxyl groups is 1. The molecule has 272 valence electrons. The number of carboxylic acids is 1. The third kappa shape index (κ3) is 8.49. The SMILES string of the molecule is Nc1nc(/C(=N/OCCSc2nnc(-c3cc(=O)c(O)c[nH]3)o2)C(=O)C[C@@H]2C(=O)N3C(C(=O)O)=C(CCSc4cc[n+](CCO)cc4)CS[C@H]23)cs1. The van der Waals surface area contributed by atoms with Crippen LogP contribution in [0.25, 0.3) is 11.6 Å². The highest BCUT2D eigenvalue weighted by Crippen LogP contribution is 2.46. The number of carbonyl (C=O) groups excluding carboxylic acids is 2. The maximum atomic E-state index is 13.6. The molecule has 0 unspecified atom stereocenters. The molecular formula is C31H31N8O9S4+. The molecule has 0 saturated carbocycles. The smallest absolute Gasteiger partial charge is 0.352 e. The van der Waals surface area contributed by atoms with Gasteiger partial charge >= 0.3 is 5.97 Å². The second-order valence-corrected chi connectivity index (χ2v) is 15.4. The number of aliphatic carboxylic acids is 1. The van der Waals surface area contributed by atoms with Crippen LogP contribution < -0.4 is 15.7 Å². The predicted octanol–water partition coefficient (Wildman–Crippen LogP) is 1.97. The molecule has 0 aromatic carbocycles. The third-order valence-corrected chi connectivity index (χ3v) is 11.6. The number of rotatable bonds is 17. The fourth-order valence-electron chi connectivity index (χ4n) is 5.28. The van der Waals surface area contributed by atoms with Crippen LogP contribution in [0.15, 0.2) is 77.9 Å². The van der Waals surface area contributed by atoms with Gasteiger partial charge in [-0.1, -0.05) is 16.9 Å². The Bertz CT molecular complexity index is 2080. The highest BCUT2D eigenvalue weighted by atomic mass is 32.2. The summed E-state index contributed by atoms with van der Waals surface area (Å²) in [5.41, 5.74) is 6.14. The van der Waals surface area contributed by atoms with E-state index in [4.69, 9.17) is 20.1 Å². The number of nitrogens with zero attached hydrogens (tertiary/aromatic N) is 6. The summed E-state index contributed by atoms with van der Waals surface area (Å²) >= 11 is 5.24. The van der Waals surface area contributed by atoms with Crippen molar-refractivity contribution in [3.8, 4) is 17.3 Å². The van der Waals surface area contributed by atoms with Gasteiger partial charge in [-0.3, -0.25) is 19.3 Å². The Morgan fingerprint density at radius 1 is 1.21 bits per heavy atom. The molecule has 1 amide bonds. The number of oxime groups is 1. The van der Waals surface area contributed by atoms with E-state index in [2.05, 4.69) is 25.3 Å². The fourth-order valence-corrected chi connectivity index (χ4v) is 8.75. The number of nitrogens with one attached hydrogen (secondary N) is 1. The molecule has 1 saturated heterocycles. The summed E-state index contributed by atoms with van der Waals surface area (Å²) in [6, 6.07) is 4.99. The molecule has 1 fully saturated rings. The molecule has 0 aliphatic carbocycles. The lowest BCUT2D eigenvalue weighted by atomic mass is 9.89. The van der Waals surface area contributed by atoms with Crippen LogP contribution >= 0.6 is 46.6 Å². The number of thiazole rings is 1. The number of fused-ring (bicyclic) bond motifs is 1. The zero-order valence-corrected chi connectivity index (χ0v) is 30.3. The number of ketones is 1. The first-order valence-electron chi connectivity index (χ1n) is 15.6. The van der Waals surface area contributed by atoms with Crippen molar-refractivity contribution in [3.05, 3.63) is 69.4 Å². The molecule has 2 atom stereocenters. The number of nitrogen functional groups attached to an aromatic ring is 1. The standard InChI is InChI=1S/C31H30N8O9S4/c32-30-34-20(15-52-30)24(37-47-8-10-50-31-36-35-26(48-31)19-12-21(41)23(43)13-33-19)22(42)11-18-27(44)39-25(29(45)46)16(14-51-28(18)39)3-9-49-17-1-4-38(5-2-17)6-7-40/h1-2,4-5,12-13,15,18,28,40H,3,6-11,14H2,(H4-,32,33,34,35,37,41,42,43,45,46)/p+1/t18-,28-/m1/s1. The minimum atomic E-state index is -1.19. The molecular weight excluding hydrogens is 757 g/mol. The Morgan fingerprint density at radius 3 is 2.73 bits per heavy atom. The van der Waals surface area contributed by atoms with Crippen molar-refractivity contribution in [2.45, 2.75) is 34.9 Å². The minimum absolute atomic E-state index is 0.0191. The van der Waals surface area contributed by atoms with Gasteiger partial charge in [0.1, 0.15) is 30.3 Å². The molecule has 6 rings (SSSR count). The number of aliphatic hydroxyl groups excluding tert-OH is 1. The predicted molar refractivity (Wildman–Crippen MR) is 192 cm³/mol. The van der Waals surface area contributed by atoms with E-state index in [1.807, 2.05) is 29.1 Å². The van der Waals surface area contributed by atoms with E-state index >= 15 is 0 Å². The second kappa shape index (κ2) is 16.8. The van der Waals surface area contributed by atoms with Gasteiger partial charge < -0.3 is 35.3 Å². The molecule has 52 heavy (non-hydrogen) atoms. The van der Waals surface area contributed by atoms with E-state index in [0.717, 1.165) is 40.3 Å². The summed E-state index contributed by atoms with van der Waals surface area (Å²) < 4.78 is 7.39. The van der Waals surface area contributed by atoms with Gasteiger partial charge in [0.05, 0.1) is 11.3 Å². The highest BCUT2D eigenvalue weighted by molar-refractivity contribution is 8.00. The molecule has 21 heteroatoms. The Labute approximate surface area is 311 Å². The van der Waals surface area contributed by atoms with Crippen molar-refractivity contribution in [2.24, 2.45) is 11.1 Å². The molecule has 0 bridgehead atoms. The van der Waals surface area contributed by atoms with Crippen LogP contribution in [0.4, 0.5) is 5.13 Å². The van der Waals surface area contributed by atoms with E-state index in [9.17, 15) is 29.4 Å². The van der Waals surface area contributed by atoms with Crippen LogP contribution in [0, 0.1) is 5.92 Å². The monoisotopic (exact) mass is 787 g/mol. The minimum Gasteiger partial charge on any atom is -0.503 e. The molecule has 6 N–H and O–H groups in total. The van der Waals surface area contributed by atoms with Crippen LogP contribution in [-0.2, 0) is 25.8 Å². The number of hydrogen-bond donors (Lipinski definition) is 5. The van der Waals surface area contributed by atoms with Crippen molar-refractivity contribution in [2.75, 3.05) is 36.2 Å². The lowest BCUT2D eigenvalue weighted by Gasteiger charge is -2.49. The van der Waals surface area contributed by atoms with Gasteiger partial charge in [-0.15, -0.1) is 45.1 Å². The number of H-pyrrole nitrogens is 1. The van der Waals surface area contributed by atoms with Gasteiger partial charge in [0, 0.05) is 58.4 Å². The van der Waals surface area contributed by atoms with E-state index in [1.54, 1.807) is 17.1 Å². The number of aliphatic hydroxyl groups is 1. The summed E-state index contributed by atoms with van der Waals surface area (Å²) in [7, 11) is 0. The van der Waals surface area contributed by atoms with E-state index in [0.29, 0.717) is 30.0 Å². The van der Waals surface area contributed by atoms with Gasteiger partial charge in [-0.05, 0) is 12.0 Å². The maximum absolute atomic E-state index is 13.6. The first-order valence-corrected chi connectivity index (χ1v) is 19.5. The lowest BCUT2D eigenvalue weighted by molar-refractivity contribution is -0.698. The van der Waals surface area contributed by atoms with Gasteiger partial charge in [0.2, 0.25) is 11.3 Å². The number of Topliss-reactive ketones (excluding diaryl/α,β-unsaturated/α-hetero) is 1. The lowest BCUT2D eigenvalue weighted by Crippen LogP contribution is -2.62. The van der Waals surface area contributed by atoms with Crippen LogP contribution in [0.3, 0.4) is 0 Å². The number of carbonyl (C=O) groups is 3. The number of amides is 1. The van der Waals surface area contributed by atoms with Crippen LogP contribution in [-0.4, -0.2) is 99.6 Å². The Balaban J connectivity index is 1.05. The molecule has 0 radical (unpaired) electrons. The zero-order valence-electron chi connectivity index (χ0n) is 27.0. The van der Waals surface area contributed by atoms with Gasteiger partial charge in [0.25, 0.3) is 11.1 Å².